The first-order valence-electron chi connectivity index (χ1n) is 9.77. The molecule has 0 unspecified atom stereocenters. The molecule has 2 amide bonds. The Labute approximate surface area is 184 Å². The quantitative estimate of drug-likeness (QED) is 0.671. The number of hydrogen-bond donors (Lipinski definition) is 1. The fourth-order valence-corrected chi connectivity index (χ4v) is 3.58. The zero-order valence-corrected chi connectivity index (χ0v) is 18.6. The zero-order chi connectivity index (χ0) is 21.7. The third-order valence-corrected chi connectivity index (χ3v) is 5.46. The molecule has 1 saturated heterocycles. The molecule has 1 aliphatic heterocycles. The smallest absolute Gasteiger partial charge is 0.338 e. The van der Waals surface area contributed by atoms with Crippen LogP contribution in [0.3, 0.4) is 0 Å². The number of anilines is 2. The summed E-state index contributed by atoms with van der Waals surface area (Å²) in [5, 5.41) is 2.93. The van der Waals surface area contributed by atoms with Gasteiger partial charge in [0, 0.05) is 43.1 Å². The summed E-state index contributed by atoms with van der Waals surface area (Å²) < 4.78 is 5.98. The number of amides is 2. The predicted molar refractivity (Wildman–Crippen MR) is 119 cm³/mol. The summed E-state index contributed by atoms with van der Waals surface area (Å²) in [5.74, 6) is -0.659. The van der Waals surface area contributed by atoms with E-state index >= 15 is 0 Å². The summed E-state index contributed by atoms with van der Waals surface area (Å²) in [5.41, 5.74) is 2.21. The Kier molecular flexibility index (Phi) is 7.10. The van der Waals surface area contributed by atoms with E-state index < -0.39 is 5.97 Å². The number of benzene rings is 2. The van der Waals surface area contributed by atoms with Gasteiger partial charge in [0.1, 0.15) is 0 Å². The summed E-state index contributed by atoms with van der Waals surface area (Å²) in [6.07, 6.45) is 0. The van der Waals surface area contributed by atoms with Crippen molar-refractivity contribution < 1.29 is 19.1 Å². The highest BCUT2D eigenvalue weighted by Gasteiger charge is 2.22. The van der Waals surface area contributed by atoms with E-state index in [9.17, 15) is 14.4 Å². The van der Waals surface area contributed by atoms with Crippen molar-refractivity contribution in [2.24, 2.45) is 0 Å². The lowest BCUT2D eigenvalue weighted by molar-refractivity contribution is -0.129. The molecule has 158 valence electrons. The normalized spacial score (nSPS) is 13.7. The van der Waals surface area contributed by atoms with Crippen LogP contribution in [0.5, 0.6) is 0 Å². The molecule has 2 aromatic rings. The van der Waals surface area contributed by atoms with Crippen molar-refractivity contribution in [1.82, 2.24) is 4.90 Å². The molecule has 0 atom stereocenters. The molecule has 1 fully saturated rings. The summed E-state index contributed by atoms with van der Waals surface area (Å²) in [7, 11) is 0. The van der Waals surface area contributed by atoms with Crippen LogP contribution in [0.15, 0.2) is 46.9 Å². The number of nitrogens with one attached hydrogen (secondary N) is 1. The van der Waals surface area contributed by atoms with E-state index in [1.807, 2.05) is 6.07 Å². The molecule has 8 heteroatoms. The number of esters is 1. The van der Waals surface area contributed by atoms with Crippen molar-refractivity contribution in [3.8, 4) is 0 Å². The number of halogens is 1. The van der Waals surface area contributed by atoms with Crippen molar-refractivity contribution in [3.63, 3.8) is 0 Å². The standard InChI is InChI=1S/C22H24BrN3O4/c1-3-30-22(29)17-6-9-20(26-12-10-25(11-13-26)15(2)27)19(14-17)24-21(28)16-4-7-18(23)8-5-16/h4-9,14H,3,10-13H2,1-2H3,(H,24,28). The minimum absolute atomic E-state index is 0.0519. The van der Waals surface area contributed by atoms with Crippen molar-refractivity contribution in [3.05, 3.63) is 58.1 Å². The van der Waals surface area contributed by atoms with Crippen molar-refractivity contribution >= 4 is 45.1 Å². The molecule has 0 bridgehead atoms. The molecule has 0 spiro atoms. The molecule has 2 aromatic carbocycles. The second-order valence-corrected chi connectivity index (χ2v) is 7.82. The Morgan fingerprint density at radius 1 is 1.00 bits per heavy atom. The molecule has 7 nitrogen and oxygen atoms in total. The lowest BCUT2D eigenvalue weighted by Crippen LogP contribution is -2.48. The zero-order valence-electron chi connectivity index (χ0n) is 17.0. The van der Waals surface area contributed by atoms with Gasteiger partial charge in [0.15, 0.2) is 0 Å². The van der Waals surface area contributed by atoms with Gasteiger partial charge in [0.05, 0.1) is 23.5 Å². The maximum Gasteiger partial charge on any atom is 0.338 e. The Morgan fingerprint density at radius 3 is 2.23 bits per heavy atom. The van der Waals surface area contributed by atoms with Crippen LogP contribution in [0, 0.1) is 0 Å². The third-order valence-electron chi connectivity index (χ3n) is 4.93. The van der Waals surface area contributed by atoms with Gasteiger partial charge in [-0.05, 0) is 49.4 Å². The minimum Gasteiger partial charge on any atom is -0.462 e. The van der Waals surface area contributed by atoms with Gasteiger partial charge >= 0.3 is 5.97 Å². The number of ether oxygens (including phenoxy) is 1. The fraction of sp³-hybridized carbons (Fsp3) is 0.318. The molecule has 0 saturated carbocycles. The van der Waals surface area contributed by atoms with E-state index in [1.165, 1.54) is 0 Å². The molecule has 30 heavy (non-hydrogen) atoms. The topological polar surface area (TPSA) is 79.0 Å². The molecule has 1 aliphatic rings. The van der Waals surface area contributed by atoms with Crippen LogP contribution in [0.1, 0.15) is 34.6 Å². The number of nitrogens with zero attached hydrogens (tertiary/aromatic N) is 2. The number of carbonyl (C=O) groups is 3. The fourth-order valence-electron chi connectivity index (χ4n) is 3.31. The summed E-state index contributed by atoms with van der Waals surface area (Å²) in [6.45, 7) is 6.07. The van der Waals surface area contributed by atoms with Gasteiger partial charge < -0.3 is 19.9 Å². The van der Waals surface area contributed by atoms with Gasteiger partial charge in [-0.15, -0.1) is 0 Å². The Bertz CT molecular complexity index is 938. The predicted octanol–water partition coefficient (Wildman–Crippen LogP) is 3.55. The van der Waals surface area contributed by atoms with E-state index in [4.69, 9.17) is 4.74 Å². The second-order valence-electron chi connectivity index (χ2n) is 6.91. The maximum absolute atomic E-state index is 12.8. The first-order valence-corrected chi connectivity index (χ1v) is 10.6. The van der Waals surface area contributed by atoms with Crippen LogP contribution in [0.25, 0.3) is 0 Å². The van der Waals surface area contributed by atoms with Gasteiger partial charge in [-0.3, -0.25) is 9.59 Å². The molecule has 0 radical (unpaired) electrons. The molecule has 0 aromatic heterocycles. The lowest BCUT2D eigenvalue weighted by atomic mass is 10.1. The first kappa shape index (κ1) is 21.8. The van der Waals surface area contributed by atoms with Gasteiger partial charge in [-0.25, -0.2) is 4.79 Å². The highest BCUT2D eigenvalue weighted by atomic mass is 79.9. The Hall–Kier alpha value is -2.87. The summed E-state index contributed by atoms with van der Waals surface area (Å²) in [4.78, 5) is 40.5. The van der Waals surface area contributed by atoms with Crippen LogP contribution in [0.2, 0.25) is 0 Å². The summed E-state index contributed by atoms with van der Waals surface area (Å²) >= 11 is 3.36. The van der Waals surface area contributed by atoms with Gasteiger partial charge in [0.25, 0.3) is 5.91 Å². The molecule has 1 heterocycles. The van der Waals surface area contributed by atoms with E-state index in [0.29, 0.717) is 43.0 Å². The molecular formula is C22H24BrN3O4. The van der Waals surface area contributed by atoms with Gasteiger partial charge in [-0.2, -0.15) is 0 Å². The molecular weight excluding hydrogens is 450 g/mol. The van der Waals surface area contributed by atoms with Crippen molar-refractivity contribution in [1.29, 1.82) is 0 Å². The van der Waals surface area contributed by atoms with E-state index in [2.05, 4.69) is 26.1 Å². The van der Waals surface area contributed by atoms with Crippen LogP contribution < -0.4 is 10.2 Å². The SMILES string of the molecule is CCOC(=O)c1ccc(N2CCN(C(C)=O)CC2)c(NC(=O)c2ccc(Br)cc2)c1. The monoisotopic (exact) mass is 473 g/mol. The molecule has 3 rings (SSSR count). The molecule has 1 N–H and O–H groups in total. The van der Waals surface area contributed by atoms with E-state index in [1.54, 1.807) is 55.1 Å². The van der Waals surface area contributed by atoms with Crippen LogP contribution >= 0.6 is 15.9 Å². The van der Waals surface area contributed by atoms with Gasteiger partial charge in [0.2, 0.25) is 5.91 Å². The van der Waals surface area contributed by atoms with Crippen LogP contribution in [-0.2, 0) is 9.53 Å². The summed E-state index contributed by atoms with van der Waals surface area (Å²) in [6, 6.07) is 12.2. The minimum atomic E-state index is -0.440. The van der Waals surface area contributed by atoms with Gasteiger partial charge in [-0.1, -0.05) is 15.9 Å². The molecule has 0 aliphatic carbocycles. The largest absolute Gasteiger partial charge is 0.462 e. The van der Waals surface area contributed by atoms with E-state index in [0.717, 1.165) is 10.2 Å². The number of hydrogen-bond acceptors (Lipinski definition) is 5. The number of carbonyl (C=O) groups excluding carboxylic acids is 3. The average Bonchev–Trinajstić information content (AvgIpc) is 2.74. The number of rotatable bonds is 5. The number of piperazine rings is 1. The lowest BCUT2D eigenvalue weighted by Gasteiger charge is -2.36. The highest BCUT2D eigenvalue weighted by Crippen LogP contribution is 2.29. The van der Waals surface area contributed by atoms with Crippen LogP contribution in [-0.4, -0.2) is 55.5 Å². The second kappa shape index (κ2) is 9.75. The van der Waals surface area contributed by atoms with E-state index in [-0.39, 0.29) is 18.4 Å². The van der Waals surface area contributed by atoms with Crippen LogP contribution in [0.4, 0.5) is 11.4 Å². The maximum atomic E-state index is 12.8. The Morgan fingerprint density at radius 2 is 1.63 bits per heavy atom. The average molecular weight is 474 g/mol. The Balaban J connectivity index is 1.88. The van der Waals surface area contributed by atoms with Crippen molar-refractivity contribution in [2.75, 3.05) is 43.0 Å². The third kappa shape index (κ3) is 5.18. The first-order chi connectivity index (χ1) is 14.4. The highest BCUT2D eigenvalue weighted by molar-refractivity contribution is 9.10. The van der Waals surface area contributed by atoms with Crippen molar-refractivity contribution in [2.45, 2.75) is 13.8 Å².